The van der Waals surface area contributed by atoms with Gasteiger partial charge in [0.05, 0.1) is 12.1 Å². The Balaban J connectivity index is 2.06. The molecule has 0 aromatic heterocycles. The van der Waals surface area contributed by atoms with Gasteiger partial charge in [-0.1, -0.05) is 13.8 Å². The summed E-state index contributed by atoms with van der Waals surface area (Å²) in [6, 6.07) is 0.789. The van der Waals surface area contributed by atoms with E-state index < -0.39 is 0 Å². The van der Waals surface area contributed by atoms with E-state index in [0.717, 1.165) is 38.1 Å². The van der Waals surface area contributed by atoms with E-state index in [1.165, 1.54) is 19.4 Å². The quantitative estimate of drug-likeness (QED) is 0.745. The molecule has 0 spiro atoms. The van der Waals surface area contributed by atoms with E-state index >= 15 is 0 Å². The number of hydrogen-bond donors (Lipinski definition) is 1. The maximum absolute atomic E-state index is 5.99. The molecule has 2 N–H and O–H groups in total. The predicted molar refractivity (Wildman–Crippen MR) is 61.8 cm³/mol. The van der Waals surface area contributed by atoms with Gasteiger partial charge >= 0.3 is 0 Å². The average molecular weight is 212 g/mol. The summed E-state index contributed by atoms with van der Waals surface area (Å²) in [6.45, 7) is 8.22. The Morgan fingerprint density at radius 1 is 1.47 bits per heavy atom. The first kappa shape index (κ1) is 11.4. The van der Waals surface area contributed by atoms with E-state index in [9.17, 15) is 0 Å². The number of hydrogen-bond acceptors (Lipinski definition) is 3. The van der Waals surface area contributed by atoms with Crippen molar-refractivity contribution in [2.45, 2.75) is 44.7 Å². The van der Waals surface area contributed by atoms with Crippen LogP contribution in [0.15, 0.2) is 0 Å². The third kappa shape index (κ3) is 2.35. The van der Waals surface area contributed by atoms with Gasteiger partial charge in [0.2, 0.25) is 0 Å². The molecular weight excluding hydrogens is 188 g/mol. The molecule has 1 aliphatic heterocycles. The maximum atomic E-state index is 5.99. The van der Waals surface area contributed by atoms with Crippen molar-refractivity contribution in [3.8, 4) is 0 Å². The van der Waals surface area contributed by atoms with Gasteiger partial charge in [-0.25, -0.2) is 0 Å². The number of nitrogens with two attached hydrogens (primary N) is 1. The van der Waals surface area contributed by atoms with Crippen molar-refractivity contribution in [2.75, 3.05) is 26.3 Å². The summed E-state index contributed by atoms with van der Waals surface area (Å²) in [5.41, 5.74) is 6.15. The van der Waals surface area contributed by atoms with Crippen molar-refractivity contribution in [3.63, 3.8) is 0 Å². The van der Waals surface area contributed by atoms with E-state index in [0.29, 0.717) is 0 Å². The van der Waals surface area contributed by atoms with Crippen LogP contribution in [0.1, 0.15) is 33.1 Å². The summed E-state index contributed by atoms with van der Waals surface area (Å²) < 4.78 is 5.57. The molecule has 1 unspecified atom stereocenters. The number of rotatable bonds is 5. The normalized spacial score (nSPS) is 31.8. The zero-order chi connectivity index (χ0) is 10.9. The summed E-state index contributed by atoms with van der Waals surface area (Å²) in [7, 11) is 0. The lowest BCUT2D eigenvalue weighted by Gasteiger charge is -2.40. The molecule has 3 heteroatoms. The van der Waals surface area contributed by atoms with Crippen molar-refractivity contribution >= 4 is 0 Å². The van der Waals surface area contributed by atoms with Crippen LogP contribution in [-0.4, -0.2) is 42.8 Å². The molecule has 88 valence electrons. The van der Waals surface area contributed by atoms with Gasteiger partial charge in [0.15, 0.2) is 0 Å². The Morgan fingerprint density at radius 3 is 2.60 bits per heavy atom. The lowest BCUT2D eigenvalue weighted by Crippen LogP contribution is -2.56. The third-order valence-electron chi connectivity index (χ3n) is 3.62. The van der Waals surface area contributed by atoms with E-state index in [2.05, 4.69) is 18.7 Å². The Kier molecular flexibility index (Phi) is 3.33. The lowest BCUT2D eigenvalue weighted by atomic mass is 9.94. The smallest absolute Gasteiger partial charge is 0.0663 e. The van der Waals surface area contributed by atoms with Crippen molar-refractivity contribution in [2.24, 2.45) is 11.7 Å². The van der Waals surface area contributed by atoms with Crippen molar-refractivity contribution < 1.29 is 4.74 Å². The first-order chi connectivity index (χ1) is 7.18. The molecule has 1 aliphatic carbocycles. The molecule has 2 rings (SSSR count). The standard InChI is InChI=1S/C12H24N2O/c1-10(2)7-14(11-3-4-11)12(8-13)5-6-15-9-12/h10-11H,3-9,13H2,1-2H3. The topological polar surface area (TPSA) is 38.5 Å². The molecule has 1 atom stereocenters. The zero-order valence-electron chi connectivity index (χ0n) is 10.0. The van der Waals surface area contributed by atoms with E-state index in [4.69, 9.17) is 10.5 Å². The zero-order valence-corrected chi connectivity index (χ0v) is 10.0. The fraction of sp³-hybridized carbons (Fsp3) is 1.00. The van der Waals surface area contributed by atoms with Gasteiger partial charge < -0.3 is 10.5 Å². The van der Waals surface area contributed by atoms with Gasteiger partial charge in [-0.05, 0) is 25.2 Å². The summed E-state index contributed by atoms with van der Waals surface area (Å²) in [4.78, 5) is 2.64. The molecule has 3 nitrogen and oxygen atoms in total. The highest BCUT2D eigenvalue weighted by atomic mass is 16.5. The first-order valence-corrected chi connectivity index (χ1v) is 6.22. The van der Waals surface area contributed by atoms with E-state index in [1.54, 1.807) is 0 Å². The highest BCUT2D eigenvalue weighted by Gasteiger charge is 2.45. The van der Waals surface area contributed by atoms with Gasteiger partial charge in [-0.15, -0.1) is 0 Å². The summed E-state index contributed by atoms with van der Waals surface area (Å²) in [5.74, 6) is 0.717. The second-order valence-electron chi connectivity index (χ2n) is 5.51. The molecule has 1 heterocycles. The molecular formula is C12H24N2O. The van der Waals surface area contributed by atoms with Crippen LogP contribution < -0.4 is 5.73 Å². The minimum absolute atomic E-state index is 0.158. The minimum Gasteiger partial charge on any atom is -0.379 e. The fourth-order valence-corrected chi connectivity index (χ4v) is 2.61. The van der Waals surface area contributed by atoms with Crippen LogP contribution in [0.2, 0.25) is 0 Å². The van der Waals surface area contributed by atoms with Gasteiger partial charge in [-0.3, -0.25) is 4.90 Å². The Bertz CT molecular complexity index is 208. The number of nitrogens with zero attached hydrogens (tertiary/aromatic N) is 1. The average Bonchev–Trinajstić information content (AvgIpc) is 2.92. The minimum atomic E-state index is 0.158. The summed E-state index contributed by atoms with van der Waals surface area (Å²) in [6.07, 6.45) is 3.83. The third-order valence-corrected chi connectivity index (χ3v) is 3.62. The molecule has 0 aromatic rings. The molecule has 15 heavy (non-hydrogen) atoms. The Labute approximate surface area is 93.0 Å². The van der Waals surface area contributed by atoms with Crippen LogP contribution in [0, 0.1) is 5.92 Å². The summed E-state index contributed by atoms with van der Waals surface area (Å²) >= 11 is 0. The molecule has 0 aromatic carbocycles. The Hall–Kier alpha value is -0.120. The van der Waals surface area contributed by atoms with Gasteiger partial charge in [0.1, 0.15) is 0 Å². The van der Waals surface area contributed by atoms with Crippen LogP contribution >= 0.6 is 0 Å². The molecule has 0 amide bonds. The molecule has 2 aliphatic rings. The Morgan fingerprint density at radius 2 is 2.20 bits per heavy atom. The maximum Gasteiger partial charge on any atom is 0.0663 e. The van der Waals surface area contributed by atoms with Crippen molar-refractivity contribution in [3.05, 3.63) is 0 Å². The van der Waals surface area contributed by atoms with Crippen LogP contribution in [0.5, 0.6) is 0 Å². The lowest BCUT2D eigenvalue weighted by molar-refractivity contribution is 0.0550. The fourth-order valence-electron chi connectivity index (χ4n) is 2.61. The van der Waals surface area contributed by atoms with Crippen molar-refractivity contribution in [1.29, 1.82) is 0 Å². The molecule has 1 saturated carbocycles. The largest absolute Gasteiger partial charge is 0.379 e. The second-order valence-corrected chi connectivity index (χ2v) is 5.51. The number of ether oxygens (including phenoxy) is 1. The molecule has 0 radical (unpaired) electrons. The van der Waals surface area contributed by atoms with Crippen LogP contribution in [-0.2, 0) is 4.74 Å². The van der Waals surface area contributed by atoms with Gasteiger partial charge in [-0.2, -0.15) is 0 Å². The van der Waals surface area contributed by atoms with Crippen LogP contribution in [0.3, 0.4) is 0 Å². The highest BCUT2D eigenvalue weighted by molar-refractivity contribution is 5.01. The monoisotopic (exact) mass is 212 g/mol. The molecule has 1 saturated heterocycles. The molecule has 0 bridgehead atoms. The summed E-state index contributed by atoms with van der Waals surface area (Å²) in [5, 5.41) is 0. The van der Waals surface area contributed by atoms with E-state index in [1.807, 2.05) is 0 Å². The second kappa shape index (κ2) is 4.40. The van der Waals surface area contributed by atoms with Crippen LogP contribution in [0.4, 0.5) is 0 Å². The SMILES string of the molecule is CC(C)CN(C1CC1)C1(CN)CCOC1. The van der Waals surface area contributed by atoms with Gasteiger partial charge in [0, 0.05) is 25.7 Å². The predicted octanol–water partition coefficient (Wildman–Crippen LogP) is 1.22. The van der Waals surface area contributed by atoms with Gasteiger partial charge in [0.25, 0.3) is 0 Å². The highest BCUT2D eigenvalue weighted by Crippen LogP contribution is 2.37. The first-order valence-electron chi connectivity index (χ1n) is 6.22. The van der Waals surface area contributed by atoms with E-state index in [-0.39, 0.29) is 5.54 Å². The molecule has 2 fully saturated rings. The van der Waals surface area contributed by atoms with Crippen LogP contribution in [0.25, 0.3) is 0 Å². The van der Waals surface area contributed by atoms with Crippen molar-refractivity contribution in [1.82, 2.24) is 4.90 Å².